The molecule has 3 amide bonds. The molecule has 3 fully saturated rings. The van der Waals surface area contributed by atoms with E-state index in [1.54, 1.807) is 18.5 Å². The number of alkyl halides is 4. The van der Waals surface area contributed by atoms with Crippen molar-refractivity contribution in [3.05, 3.63) is 41.1 Å². The zero-order chi connectivity index (χ0) is 29.4. The second-order valence-electron chi connectivity index (χ2n) is 11.6. The van der Waals surface area contributed by atoms with E-state index in [4.69, 9.17) is 4.63 Å². The maximum atomic E-state index is 14.0. The number of carbonyl (C=O) groups is 2. The number of hydrogen-bond donors (Lipinski definition) is 2. The van der Waals surface area contributed by atoms with Crippen molar-refractivity contribution >= 4 is 17.6 Å². The lowest BCUT2D eigenvalue weighted by atomic mass is 9.81. The molecule has 11 nitrogen and oxygen atoms in total. The lowest BCUT2D eigenvalue weighted by Crippen LogP contribution is -2.38. The van der Waals surface area contributed by atoms with Crippen LogP contribution >= 0.6 is 0 Å². The molecule has 0 radical (unpaired) electrons. The fraction of sp³-hybridized carbons (Fsp3) is 0.630. The van der Waals surface area contributed by atoms with Gasteiger partial charge in [0.05, 0.1) is 37.5 Å². The summed E-state index contributed by atoms with van der Waals surface area (Å²) in [6, 6.07) is 0.604. The highest BCUT2D eigenvalue weighted by Crippen LogP contribution is 2.42. The number of halogens is 4. The average Bonchev–Trinajstić information content (AvgIpc) is 3.58. The number of imidazole rings is 1. The van der Waals surface area contributed by atoms with Crippen molar-refractivity contribution in [2.24, 2.45) is 17.8 Å². The molecule has 0 unspecified atom stereocenters. The molecular formula is C27H32F4N8O3. The quantitative estimate of drug-likeness (QED) is 0.360. The smallest absolute Gasteiger partial charge is 0.317 e. The Bertz CT molecular complexity index is 1430. The molecule has 1 aliphatic heterocycles. The maximum absolute atomic E-state index is 14.0. The van der Waals surface area contributed by atoms with E-state index in [9.17, 15) is 27.2 Å². The minimum absolute atomic E-state index is 0.0575. The summed E-state index contributed by atoms with van der Waals surface area (Å²) in [5.41, 5.74) is 2.07. The van der Waals surface area contributed by atoms with E-state index < -0.39 is 49.1 Å². The summed E-state index contributed by atoms with van der Waals surface area (Å²) in [5.74, 6) is -4.66. The van der Waals surface area contributed by atoms with Crippen LogP contribution in [0.2, 0.25) is 0 Å². The van der Waals surface area contributed by atoms with Crippen LogP contribution in [0.15, 0.2) is 23.1 Å². The average molecular weight is 593 g/mol. The van der Waals surface area contributed by atoms with Gasteiger partial charge in [0.25, 0.3) is 5.91 Å². The van der Waals surface area contributed by atoms with Gasteiger partial charge in [-0.1, -0.05) is 5.16 Å². The molecule has 3 aromatic heterocycles. The first-order valence-corrected chi connectivity index (χ1v) is 14.2. The molecule has 3 aliphatic rings. The molecule has 3 atom stereocenters. The third-order valence-electron chi connectivity index (χ3n) is 8.62. The number of aromatic nitrogens is 5. The topological polar surface area (TPSA) is 131 Å². The Morgan fingerprint density at radius 1 is 1.14 bits per heavy atom. The van der Waals surface area contributed by atoms with Gasteiger partial charge >= 0.3 is 6.03 Å². The summed E-state index contributed by atoms with van der Waals surface area (Å²) < 4.78 is 61.3. The molecule has 4 heterocycles. The monoisotopic (exact) mass is 592 g/mol. The number of carbonyl (C=O) groups excluding carboxylic acids is 2. The van der Waals surface area contributed by atoms with Crippen molar-refractivity contribution < 1.29 is 31.8 Å². The standard InChI is InChI=1S/C27H32F4N8O3/c28-8-18-11-32-26(41)38(13-19(18)9-29)12-15-7-21-34-20(14-39(21)33-10-15)22(17-3-5-27(30,31)6-4-17)35-25(40)24-23(16-1-2-16)36-42-37-24/h7,10,14,16-19,22H,1-6,8-9,11-13H2,(H,32,41)(H,35,40)/t18-,19+,22-/m0/s1. The van der Waals surface area contributed by atoms with Crippen LogP contribution < -0.4 is 10.6 Å². The van der Waals surface area contributed by atoms with Crippen LogP contribution in [0.25, 0.3) is 5.65 Å². The fourth-order valence-electron chi connectivity index (χ4n) is 5.91. The minimum atomic E-state index is -2.75. The highest BCUT2D eigenvalue weighted by molar-refractivity contribution is 5.93. The Kier molecular flexibility index (Phi) is 7.75. The van der Waals surface area contributed by atoms with Gasteiger partial charge in [0.15, 0.2) is 11.3 Å². The van der Waals surface area contributed by atoms with E-state index in [1.807, 2.05) is 0 Å². The van der Waals surface area contributed by atoms with Crippen molar-refractivity contribution in [1.29, 1.82) is 0 Å². The van der Waals surface area contributed by atoms with Crippen LogP contribution in [0.4, 0.5) is 22.4 Å². The molecule has 0 bridgehead atoms. The van der Waals surface area contributed by atoms with E-state index in [0.717, 1.165) is 12.8 Å². The van der Waals surface area contributed by atoms with E-state index in [0.29, 0.717) is 22.6 Å². The number of fused-ring (bicyclic) bond motifs is 1. The summed E-state index contributed by atoms with van der Waals surface area (Å²) in [5, 5.41) is 17.7. The number of nitrogens with one attached hydrogen (secondary N) is 2. The first-order chi connectivity index (χ1) is 20.2. The van der Waals surface area contributed by atoms with Gasteiger partial charge in [-0.15, -0.1) is 0 Å². The van der Waals surface area contributed by atoms with Gasteiger partial charge < -0.3 is 15.5 Å². The largest absolute Gasteiger partial charge is 0.342 e. The Morgan fingerprint density at radius 3 is 2.62 bits per heavy atom. The molecule has 1 saturated heterocycles. The van der Waals surface area contributed by atoms with E-state index in [2.05, 4.69) is 31.0 Å². The molecule has 2 aliphatic carbocycles. The van der Waals surface area contributed by atoms with Crippen molar-refractivity contribution in [1.82, 2.24) is 40.4 Å². The van der Waals surface area contributed by atoms with Gasteiger partial charge in [-0.25, -0.2) is 27.7 Å². The number of urea groups is 1. The lowest BCUT2D eigenvalue weighted by Gasteiger charge is -2.33. The molecule has 226 valence electrons. The Morgan fingerprint density at radius 2 is 1.90 bits per heavy atom. The molecule has 2 N–H and O–H groups in total. The molecule has 0 aromatic carbocycles. The predicted octanol–water partition coefficient (Wildman–Crippen LogP) is 3.98. The van der Waals surface area contributed by atoms with Crippen LogP contribution in [0.5, 0.6) is 0 Å². The molecule has 2 saturated carbocycles. The Labute approximate surface area is 238 Å². The van der Waals surface area contributed by atoms with Crippen LogP contribution in [-0.4, -0.2) is 74.1 Å². The number of amides is 3. The van der Waals surface area contributed by atoms with Gasteiger partial charge in [-0.2, -0.15) is 5.10 Å². The molecule has 42 heavy (non-hydrogen) atoms. The SMILES string of the molecule is O=C(N[C@H](c1cn2ncc(CN3C[C@@H](CF)[C@@H](CF)CNC3=O)cc2n1)C1CCC(F)(F)CC1)c1nonc1C1CC1. The van der Waals surface area contributed by atoms with Crippen LogP contribution in [0.1, 0.15) is 77.9 Å². The second-order valence-corrected chi connectivity index (χ2v) is 11.6. The van der Waals surface area contributed by atoms with Crippen molar-refractivity contribution in [2.75, 3.05) is 26.4 Å². The zero-order valence-corrected chi connectivity index (χ0v) is 22.8. The number of nitrogens with zero attached hydrogens (tertiary/aromatic N) is 6. The van der Waals surface area contributed by atoms with Crippen LogP contribution in [0.3, 0.4) is 0 Å². The van der Waals surface area contributed by atoms with Crippen molar-refractivity contribution in [2.45, 2.75) is 63.0 Å². The molecule has 0 spiro atoms. The zero-order valence-electron chi connectivity index (χ0n) is 22.8. The number of hydrogen-bond acceptors (Lipinski definition) is 7. The molecule has 15 heteroatoms. The molecule has 6 rings (SSSR count). The second kappa shape index (κ2) is 11.5. The Hall–Kier alpha value is -3.78. The fourth-order valence-corrected chi connectivity index (χ4v) is 5.91. The van der Waals surface area contributed by atoms with Gasteiger partial charge in [0.2, 0.25) is 5.92 Å². The van der Waals surface area contributed by atoms with Crippen LogP contribution in [-0.2, 0) is 6.54 Å². The van der Waals surface area contributed by atoms with Crippen molar-refractivity contribution in [3.63, 3.8) is 0 Å². The van der Waals surface area contributed by atoms with E-state index in [1.165, 1.54) is 9.42 Å². The summed E-state index contributed by atoms with van der Waals surface area (Å²) in [6.45, 7) is -1.24. The summed E-state index contributed by atoms with van der Waals surface area (Å²) >= 11 is 0. The van der Waals surface area contributed by atoms with Crippen molar-refractivity contribution in [3.8, 4) is 0 Å². The van der Waals surface area contributed by atoms with Gasteiger partial charge in [-0.05, 0) is 48.4 Å². The maximum Gasteiger partial charge on any atom is 0.317 e. The first-order valence-electron chi connectivity index (χ1n) is 14.2. The third-order valence-corrected chi connectivity index (χ3v) is 8.62. The third kappa shape index (κ3) is 5.91. The number of rotatable bonds is 9. The summed E-state index contributed by atoms with van der Waals surface area (Å²) in [4.78, 5) is 32.0. The highest BCUT2D eigenvalue weighted by Gasteiger charge is 2.40. The van der Waals surface area contributed by atoms with Crippen LogP contribution in [0, 0.1) is 17.8 Å². The normalized spacial score (nSPS) is 23.9. The van der Waals surface area contributed by atoms with E-state index >= 15 is 0 Å². The predicted molar refractivity (Wildman–Crippen MR) is 139 cm³/mol. The molecular weight excluding hydrogens is 560 g/mol. The van der Waals surface area contributed by atoms with Gasteiger partial charge in [-0.3, -0.25) is 13.6 Å². The van der Waals surface area contributed by atoms with Gasteiger partial charge in [0, 0.05) is 50.2 Å². The minimum Gasteiger partial charge on any atom is -0.342 e. The van der Waals surface area contributed by atoms with E-state index in [-0.39, 0.29) is 62.8 Å². The summed E-state index contributed by atoms with van der Waals surface area (Å²) in [6.07, 6.45) is 4.77. The lowest BCUT2D eigenvalue weighted by molar-refractivity contribution is -0.0495. The van der Waals surface area contributed by atoms with Gasteiger partial charge in [0.1, 0.15) is 5.69 Å². The highest BCUT2D eigenvalue weighted by atomic mass is 19.3. The first kappa shape index (κ1) is 28.3. The summed E-state index contributed by atoms with van der Waals surface area (Å²) in [7, 11) is 0. The Balaban J connectivity index is 1.24. The molecule has 3 aromatic rings.